The van der Waals surface area contributed by atoms with Crippen molar-refractivity contribution in [3.8, 4) is 0 Å². The van der Waals surface area contributed by atoms with Gasteiger partial charge in [0.15, 0.2) is 6.21 Å². The minimum absolute atomic E-state index is 0. The maximum absolute atomic E-state index is 2.29. The molecule has 3 rings (SSSR count). The Balaban J connectivity index is 0.000000963. The third kappa shape index (κ3) is 1.57. The van der Waals surface area contributed by atoms with Gasteiger partial charge in [-0.15, -0.1) is 24.0 Å². The van der Waals surface area contributed by atoms with Gasteiger partial charge in [-0.3, -0.25) is 0 Å². The molecule has 0 spiro atoms. The van der Waals surface area contributed by atoms with Crippen LogP contribution in [-0.4, -0.2) is 28.9 Å². The molecule has 1 aromatic carbocycles. The number of halogens is 1. The number of hydrogen-bond acceptors (Lipinski definition) is 0. The lowest BCUT2D eigenvalue weighted by Gasteiger charge is -2.06. The Kier molecular flexibility index (Phi) is 3.06. The Morgan fingerprint density at radius 1 is 1.25 bits per heavy atom. The largest absolute Gasteiger partial charge is 0.339 e. The van der Waals surface area contributed by atoms with Crippen molar-refractivity contribution < 1.29 is 4.58 Å². The molecule has 1 aliphatic heterocycles. The van der Waals surface area contributed by atoms with Gasteiger partial charge in [0, 0.05) is 24.4 Å². The van der Waals surface area contributed by atoms with Gasteiger partial charge in [-0.25, -0.2) is 4.58 Å². The van der Waals surface area contributed by atoms with Crippen molar-refractivity contribution in [2.75, 3.05) is 13.6 Å². The van der Waals surface area contributed by atoms with Crippen molar-refractivity contribution in [2.45, 2.75) is 6.42 Å². The molecule has 2 aromatic rings. The number of aryl methyl sites for hydroxylation is 1. The number of hydrogen-bond donors (Lipinski definition) is 0. The van der Waals surface area contributed by atoms with Crippen LogP contribution in [0.15, 0.2) is 24.3 Å². The van der Waals surface area contributed by atoms with E-state index < -0.39 is 0 Å². The van der Waals surface area contributed by atoms with E-state index in [4.69, 9.17) is 0 Å². The van der Waals surface area contributed by atoms with Crippen molar-refractivity contribution in [3.63, 3.8) is 0 Å². The minimum atomic E-state index is 0. The summed E-state index contributed by atoms with van der Waals surface area (Å²) in [5.41, 5.74) is 4.21. The summed E-state index contributed by atoms with van der Waals surface area (Å²) >= 11 is 0. The van der Waals surface area contributed by atoms with Crippen molar-refractivity contribution >= 4 is 41.1 Å². The molecular formula is C13H16IN2+. The maximum Gasteiger partial charge on any atom is 0.187 e. The van der Waals surface area contributed by atoms with E-state index in [-0.39, 0.29) is 24.0 Å². The molecule has 0 fully saturated rings. The number of para-hydroxylation sites is 1. The molecule has 2 heterocycles. The molecule has 0 amide bonds. The first-order valence-corrected chi connectivity index (χ1v) is 5.39. The van der Waals surface area contributed by atoms with E-state index in [1.807, 2.05) is 0 Å². The summed E-state index contributed by atoms with van der Waals surface area (Å²) in [7, 11) is 4.29. The van der Waals surface area contributed by atoms with Gasteiger partial charge in [0.1, 0.15) is 19.3 Å². The van der Waals surface area contributed by atoms with Gasteiger partial charge >= 0.3 is 0 Å². The van der Waals surface area contributed by atoms with Crippen LogP contribution in [0, 0.1) is 0 Å². The molecule has 0 saturated carbocycles. The zero-order chi connectivity index (χ0) is 10.4. The molecule has 0 bridgehead atoms. The summed E-state index contributed by atoms with van der Waals surface area (Å²) in [6, 6.07) is 8.66. The second-order valence-corrected chi connectivity index (χ2v) is 4.30. The molecule has 3 heteroatoms. The summed E-state index contributed by atoms with van der Waals surface area (Å²) in [5, 5.41) is 1.42. The van der Waals surface area contributed by atoms with E-state index in [1.165, 1.54) is 22.2 Å². The van der Waals surface area contributed by atoms with Gasteiger partial charge in [0.2, 0.25) is 0 Å². The molecule has 1 aliphatic rings. The summed E-state index contributed by atoms with van der Waals surface area (Å²) in [4.78, 5) is 0. The highest BCUT2D eigenvalue weighted by Crippen LogP contribution is 2.25. The number of fused-ring (bicyclic) bond motifs is 3. The Labute approximate surface area is 113 Å². The minimum Gasteiger partial charge on any atom is -0.339 e. The van der Waals surface area contributed by atoms with E-state index in [1.54, 1.807) is 0 Å². The Hall–Kier alpha value is -0.840. The maximum atomic E-state index is 2.29. The smallest absolute Gasteiger partial charge is 0.187 e. The van der Waals surface area contributed by atoms with Gasteiger partial charge in [-0.05, 0) is 11.6 Å². The van der Waals surface area contributed by atoms with Crippen molar-refractivity contribution in [2.24, 2.45) is 7.05 Å². The predicted molar refractivity (Wildman–Crippen MR) is 78.3 cm³/mol. The number of rotatable bonds is 0. The third-order valence-electron chi connectivity index (χ3n) is 3.32. The topological polar surface area (TPSA) is 7.94 Å². The van der Waals surface area contributed by atoms with E-state index in [2.05, 4.69) is 53.7 Å². The average Bonchev–Trinajstić information content (AvgIpc) is 2.54. The van der Waals surface area contributed by atoms with Gasteiger partial charge in [0.25, 0.3) is 0 Å². The van der Waals surface area contributed by atoms with Crippen molar-refractivity contribution in [3.05, 3.63) is 35.5 Å². The van der Waals surface area contributed by atoms with Gasteiger partial charge in [-0.2, -0.15) is 0 Å². The summed E-state index contributed by atoms with van der Waals surface area (Å²) in [6.07, 6.45) is 3.41. The zero-order valence-corrected chi connectivity index (χ0v) is 11.9. The SMILES string of the molecule is Cn1c2c(c3ccccc31)CC[N+](C)=C2.I. The molecule has 0 aliphatic carbocycles. The first-order valence-electron chi connectivity index (χ1n) is 5.39. The zero-order valence-electron chi connectivity index (χ0n) is 9.60. The van der Waals surface area contributed by atoms with E-state index in [9.17, 15) is 0 Å². The van der Waals surface area contributed by atoms with Crippen molar-refractivity contribution in [1.29, 1.82) is 0 Å². The van der Waals surface area contributed by atoms with Crippen LogP contribution >= 0.6 is 24.0 Å². The second-order valence-electron chi connectivity index (χ2n) is 4.30. The van der Waals surface area contributed by atoms with Crippen LogP contribution in [0.25, 0.3) is 10.9 Å². The molecular weight excluding hydrogens is 311 g/mol. The molecule has 0 radical (unpaired) electrons. The molecule has 0 atom stereocenters. The Morgan fingerprint density at radius 2 is 2.00 bits per heavy atom. The summed E-state index contributed by atoms with van der Waals surface area (Å²) in [5.74, 6) is 0. The van der Waals surface area contributed by atoms with Crippen LogP contribution in [0.3, 0.4) is 0 Å². The molecule has 0 N–H and O–H groups in total. The van der Waals surface area contributed by atoms with Crippen LogP contribution < -0.4 is 0 Å². The molecule has 84 valence electrons. The quantitative estimate of drug-likeness (QED) is 0.519. The number of benzene rings is 1. The number of aromatic nitrogens is 1. The summed E-state index contributed by atoms with van der Waals surface area (Å²) in [6.45, 7) is 1.13. The lowest BCUT2D eigenvalue weighted by Crippen LogP contribution is -2.19. The molecule has 16 heavy (non-hydrogen) atoms. The van der Waals surface area contributed by atoms with Crippen molar-refractivity contribution in [1.82, 2.24) is 4.57 Å². The van der Waals surface area contributed by atoms with Gasteiger partial charge < -0.3 is 4.57 Å². The predicted octanol–water partition coefficient (Wildman–Crippen LogP) is 2.41. The molecule has 0 unspecified atom stereocenters. The van der Waals surface area contributed by atoms with Gasteiger partial charge in [0.05, 0.1) is 0 Å². The van der Waals surface area contributed by atoms with E-state index in [0.29, 0.717) is 0 Å². The highest BCUT2D eigenvalue weighted by molar-refractivity contribution is 14.0. The third-order valence-corrected chi connectivity index (χ3v) is 3.32. The highest BCUT2D eigenvalue weighted by atomic mass is 127. The highest BCUT2D eigenvalue weighted by Gasteiger charge is 2.20. The normalized spacial score (nSPS) is 14.2. The fourth-order valence-electron chi connectivity index (χ4n) is 2.48. The monoisotopic (exact) mass is 327 g/mol. The number of nitrogens with zero attached hydrogens (tertiary/aromatic N) is 2. The van der Waals surface area contributed by atoms with E-state index in [0.717, 1.165) is 13.0 Å². The molecule has 0 saturated heterocycles. The molecule has 1 aromatic heterocycles. The lowest BCUT2D eigenvalue weighted by atomic mass is 10.1. The first-order chi connectivity index (χ1) is 7.27. The Bertz CT molecular complexity index is 567. The fraction of sp³-hybridized carbons (Fsp3) is 0.308. The lowest BCUT2D eigenvalue weighted by molar-refractivity contribution is -0.493. The van der Waals surface area contributed by atoms with Gasteiger partial charge in [-0.1, -0.05) is 18.2 Å². The average molecular weight is 327 g/mol. The summed E-state index contributed by atoms with van der Waals surface area (Å²) < 4.78 is 4.56. The first kappa shape index (κ1) is 11.6. The molecule has 2 nitrogen and oxygen atoms in total. The number of likely N-dealkylation sites (N-methyl/N-ethyl adjacent to an activating group) is 1. The van der Waals surface area contributed by atoms with Crippen LogP contribution in [0.5, 0.6) is 0 Å². The standard InChI is InChI=1S/C13H15N2.HI/c1-14-8-7-11-10-5-3-4-6-12(10)15(2)13(11)9-14;/h3-6,9H,7-8H2,1-2H3;1H/q+1;. The van der Waals surface area contributed by atoms with Crippen LogP contribution in [0.1, 0.15) is 11.3 Å². The van der Waals surface area contributed by atoms with Crippen LogP contribution in [0.4, 0.5) is 0 Å². The fourth-order valence-corrected chi connectivity index (χ4v) is 2.48. The van der Waals surface area contributed by atoms with Crippen LogP contribution in [-0.2, 0) is 13.5 Å². The Morgan fingerprint density at radius 3 is 2.81 bits per heavy atom. The van der Waals surface area contributed by atoms with Crippen LogP contribution in [0.2, 0.25) is 0 Å². The second kappa shape index (κ2) is 4.20. The van der Waals surface area contributed by atoms with E-state index >= 15 is 0 Å².